The van der Waals surface area contributed by atoms with Crippen molar-refractivity contribution in [3.63, 3.8) is 0 Å². The maximum atomic E-state index is 16.3. The molecule has 0 aliphatic heterocycles. The minimum atomic E-state index is -2.30. The predicted octanol–water partition coefficient (Wildman–Crippen LogP) is 11.2. The van der Waals surface area contributed by atoms with Crippen molar-refractivity contribution < 1.29 is 33.0 Å². The maximum Gasteiger partial charge on any atom is 0.333 e. The van der Waals surface area contributed by atoms with Gasteiger partial charge in [-0.1, -0.05) is 96.3 Å². The Morgan fingerprint density at radius 2 is 1.34 bits per heavy atom. The van der Waals surface area contributed by atoms with Crippen molar-refractivity contribution in [1.82, 2.24) is 0 Å². The van der Waals surface area contributed by atoms with Crippen molar-refractivity contribution in [3.8, 4) is 11.1 Å². The second kappa shape index (κ2) is 20.0. The standard InChI is InChI=1S/C45H64F2O5Si/c1-8-9-13-32-14-16-33(17-15-32)34-18-20-35(21-19-34)39-22-23-40(42(47)41(39)46)36-26-37(28-51-44(49)30(2)3)43(53(6,7)25-12-10-11-24-48)38(27-36)29-52-45(50)31(4)5/h22-23,26-27,32-35,48H,2,4,8-21,24-25,28-29H2,1,3,5-7H3. The van der Waals surface area contributed by atoms with Gasteiger partial charge in [-0.15, -0.1) is 0 Å². The van der Waals surface area contributed by atoms with Crippen LogP contribution < -0.4 is 5.19 Å². The van der Waals surface area contributed by atoms with Crippen LogP contribution in [0, 0.1) is 29.4 Å². The van der Waals surface area contributed by atoms with Gasteiger partial charge in [-0.2, -0.15) is 0 Å². The van der Waals surface area contributed by atoms with Crippen molar-refractivity contribution in [2.24, 2.45) is 17.8 Å². The van der Waals surface area contributed by atoms with Gasteiger partial charge in [-0.3, -0.25) is 0 Å². The van der Waals surface area contributed by atoms with Crippen molar-refractivity contribution in [2.45, 2.75) is 149 Å². The Labute approximate surface area is 318 Å². The molecule has 1 N–H and O–H groups in total. The summed E-state index contributed by atoms with van der Waals surface area (Å²) in [6.45, 7) is 17.2. The molecule has 2 aromatic carbocycles. The van der Waals surface area contributed by atoms with Gasteiger partial charge in [0.25, 0.3) is 0 Å². The van der Waals surface area contributed by atoms with E-state index in [0.717, 1.165) is 61.6 Å². The second-order valence-electron chi connectivity index (χ2n) is 16.7. The molecule has 0 spiro atoms. The Morgan fingerprint density at radius 1 is 0.792 bits per heavy atom. The SMILES string of the molecule is C=C(C)C(=O)OCc1cc(-c2ccc(C3CCC(C4CCC(CCCC)CC4)CC3)c(F)c2F)cc(COC(=O)C(=C)C)c1[Si](C)(C)CCCCCO. The molecule has 0 amide bonds. The lowest BCUT2D eigenvalue weighted by Gasteiger charge is -2.38. The number of carbonyl (C=O) groups excluding carboxylic acids is 2. The van der Waals surface area contributed by atoms with Crippen molar-refractivity contribution >= 4 is 25.2 Å². The van der Waals surface area contributed by atoms with Crippen LogP contribution in [0.1, 0.15) is 133 Å². The zero-order chi connectivity index (χ0) is 38.7. The minimum absolute atomic E-state index is 0.00932. The van der Waals surface area contributed by atoms with Crippen LogP contribution >= 0.6 is 0 Å². The average molecular weight is 751 g/mol. The van der Waals surface area contributed by atoms with E-state index in [0.29, 0.717) is 34.6 Å². The first-order chi connectivity index (χ1) is 25.3. The van der Waals surface area contributed by atoms with Crippen LogP contribution in [0.2, 0.25) is 19.1 Å². The fourth-order valence-electron chi connectivity index (χ4n) is 8.98. The number of aliphatic hydroxyl groups excluding tert-OH is 1. The quantitative estimate of drug-likeness (QED) is 0.0711. The highest BCUT2D eigenvalue weighted by molar-refractivity contribution is 6.90. The van der Waals surface area contributed by atoms with E-state index in [-0.39, 0.29) is 42.4 Å². The van der Waals surface area contributed by atoms with Crippen LogP contribution in [-0.2, 0) is 32.3 Å². The summed E-state index contributed by atoms with van der Waals surface area (Å²) in [5.41, 5.74) is 2.87. The fourth-order valence-corrected chi connectivity index (χ4v) is 12.4. The third-order valence-corrected chi connectivity index (χ3v) is 15.6. The molecule has 2 fully saturated rings. The van der Waals surface area contributed by atoms with Crippen LogP contribution in [-0.4, -0.2) is 31.7 Å². The van der Waals surface area contributed by atoms with E-state index in [1.165, 1.54) is 44.9 Å². The molecular formula is C45H64F2O5Si. The molecule has 53 heavy (non-hydrogen) atoms. The monoisotopic (exact) mass is 750 g/mol. The van der Waals surface area contributed by atoms with Gasteiger partial charge >= 0.3 is 11.9 Å². The summed E-state index contributed by atoms with van der Waals surface area (Å²) < 4.78 is 43.8. The van der Waals surface area contributed by atoms with Crippen LogP contribution in [0.4, 0.5) is 8.78 Å². The van der Waals surface area contributed by atoms with E-state index in [9.17, 15) is 14.7 Å². The van der Waals surface area contributed by atoms with Crippen LogP contribution in [0.15, 0.2) is 48.6 Å². The molecule has 2 aliphatic rings. The van der Waals surface area contributed by atoms with Gasteiger partial charge in [0.1, 0.15) is 13.2 Å². The van der Waals surface area contributed by atoms with Crippen molar-refractivity contribution in [3.05, 3.63) is 76.9 Å². The number of esters is 2. The highest BCUT2D eigenvalue weighted by Crippen LogP contribution is 2.45. The Kier molecular flexibility index (Phi) is 16.1. The van der Waals surface area contributed by atoms with Gasteiger partial charge in [0.05, 0.1) is 8.07 Å². The third kappa shape index (κ3) is 11.5. The zero-order valence-corrected chi connectivity index (χ0v) is 34.1. The summed E-state index contributed by atoms with van der Waals surface area (Å²) in [6.07, 6.45) is 15.6. The van der Waals surface area contributed by atoms with Crippen molar-refractivity contribution in [1.29, 1.82) is 0 Å². The van der Waals surface area contributed by atoms with Gasteiger partial charge in [-0.25, -0.2) is 18.4 Å². The van der Waals surface area contributed by atoms with Gasteiger partial charge in [0.2, 0.25) is 0 Å². The van der Waals surface area contributed by atoms with Crippen LogP contribution in [0.5, 0.6) is 0 Å². The van der Waals surface area contributed by atoms with Crippen LogP contribution in [0.3, 0.4) is 0 Å². The van der Waals surface area contributed by atoms with E-state index < -0.39 is 31.6 Å². The van der Waals surface area contributed by atoms with E-state index in [2.05, 4.69) is 33.2 Å². The molecule has 292 valence electrons. The summed E-state index contributed by atoms with van der Waals surface area (Å²) in [7, 11) is -2.30. The summed E-state index contributed by atoms with van der Waals surface area (Å²) >= 11 is 0. The number of rotatable bonds is 18. The van der Waals surface area contributed by atoms with Gasteiger partial charge in [-0.05, 0) is 122 Å². The molecule has 0 saturated heterocycles. The lowest BCUT2D eigenvalue weighted by atomic mass is 9.68. The Hall–Kier alpha value is -3.10. The molecule has 0 aromatic heterocycles. The molecule has 8 heteroatoms. The molecule has 0 heterocycles. The Balaban J connectivity index is 1.64. The molecule has 0 unspecified atom stereocenters. The number of hydrogen-bond acceptors (Lipinski definition) is 5. The molecule has 0 bridgehead atoms. The lowest BCUT2D eigenvalue weighted by Crippen LogP contribution is -2.46. The van der Waals surface area contributed by atoms with Gasteiger partial charge in [0.15, 0.2) is 11.6 Å². The smallest absolute Gasteiger partial charge is 0.333 e. The highest BCUT2D eigenvalue weighted by Gasteiger charge is 2.34. The molecule has 2 aliphatic carbocycles. The topological polar surface area (TPSA) is 72.8 Å². The van der Waals surface area contributed by atoms with Gasteiger partial charge in [0, 0.05) is 23.3 Å². The minimum Gasteiger partial charge on any atom is -0.457 e. The molecule has 5 nitrogen and oxygen atoms in total. The Morgan fingerprint density at radius 3 is 1.85 bits per heavy atom. The molecule has 2 aromatic rings. The van der Waals surface area contributed by atoms with E-state index in [1.54, 1.807) is 38.1 Å². The van der Waals surface area contributed by atoms with Gasteiger partial charge < -0.3 is 14.6 Å². The average Bonchev–Trinajstić information content (AvgIpc) is 3.14. The third-order valence-electron chi connectivity index (χ3n) is 12.0. The van der Waals surface area contributed by atoms with E-state index >= 15 is 8.78 Å². The Bertz CT molecular complexity index is 1530. The van der Waals surface area contributed by atoms with E-state index in [1.807, 2.05) is 0 Å². The summed E-state index contributed by atoms with van der Waals surface area (Å²) in [5.74, 6) is -0.456. The molecule has 4 rings (SSSR count). The van der Waals surface area contributed by atoms with E-state index in [4.69, 9.17) is 9.47 Å². The number of benzene rings is 2. The number of ether oxygens (including phenoxy) is 2. The number of carbonyl (C=O) groups is 2. The number of unbranched alkanes of at least 4 members (excludes halogenated alkanes) is 3. The molecule has 2 saturated carbocycles. The zero-order valence-electron chi connectivity index (χ0n) is 33.1. The summed E-state index contributed by atoms with van der Waals surface area (Å²) in [4.78, 5) is 25.1. The first-order valence-electron chi connectivity index (χ1n) is 20.2. The lowest BCUT2D eigenvalue weighted by molar-refractivity contribution is -0.140. The molecule has 0 radical (unpaired) electrons. The summed E-state index contributed by atoms with van der Waals surface area (Å²) in [6, 6.07) is 7.90. The highest BCUT2D eigenvalue weighted by atomic mass is 28.3. The fraction of sp³-hybridized carbons (Fsp3) is 0.600. The first-order valence-corrected chi connectivity index (χ1v) is 23.4. The maximum absolute atomic E-state index is 16.3. The molecule has 0 atom stereocenters. The molecular weight excluding hydrogens is 687 g/mol. The number of aliphatic hydroxyl groups is 1. The van der Waals surface area contributed by atoms with Crippen molar-refractivity contribution in [2.75, 3.05) is 6.61 Å². The van der Waals surface area contributed by atoms with Crippen LogP contribution in [0.25, 0.3) is 11.1 Å². The second-order valence-corrected chi connectivity index (χ2v) is 21.4. The largest absolute Gasteiger partial charge is 0.457 e. The predicted molar refractivity (Wildman–Crippen MR) is 214 cm³/mol. The normalized spacial score (nSPS) is 20.5. The summed E-state index contributed by atoms with van der Waals surface area (Å²) in [5, 5.41) is 10.3. The number of hydrogen-bond donors (Lipinski definition) is 1. The number of halogens is 2. The first kappa shape index (κ1) is 42.6.